The summed E-state index contributed by atoms with van der Waals surface area (Å²) in [4.78, 5) is 11.5. The number of nitrogens with one attached hydrogen (secondary N) is 1. The van der Waals surface area contributed by atoms with Gasteiger partial charge in [0.15, 0.2) is 0 Å². The van der Waals surface area contributed by atoms with Crippen molar-refractivity contribution < 1.29 is 14.3 Å². The van der Waals surface area contributed by atoms with Gasteiger partial charge in [0.25, 0.3) is 0 Å². The van der Waals surface area contributed by atoms with Crippen LogP contribution in [-0.2, 0) is 14.3 Å². The van der Waals surface area contributed by atoms with E-state index in [9.17, 15) is 4.79 Å². The summed E-state index contributed by atoms with van der Waals surface area (Å²) in [6.07, 6.45) is 1.51. The number of amides is 1. The van der Waals surface area contributed by atoms with Crippen LogP contribution < -0.4 is 11.1 Å². The first kappa shape index (κ1) is 16.4. The monoisotopic (exact) mass is 246 g/mol. The molecule has 0 saturated heterocycles. The molecule has 0 aliphatic rings. The lowest BCUT2D eigenvalue weighted by Crippen LogP contribution is -2.41. The minimum Gasteiger partial charge on any atom is -0.382 e. The van der Waals surface area contributed by atoms with Crippen molar-refractivity contribution in [2.45, 2.75) is 32.7 Å². The average molecular weight is 246 g/mol. The van der Waals surface area contributed by atoms with E-state index < -0.39 is 6.04 Å². The largest absolute Gasteiger partial charge is 0.382 e. The molecule has 0 aromatic rings. The van der Waals surface area contributed by atoms with E-state index in [-0.39, 0.29) is 5.91 Å². The number of nitrogens with two attached hydrogens (primary N) is 1. The molecule has 0 aromatic heterocycles. The Bertz CT molecular complexity index is 198. The predicted molar refractivity (Wildman–Crippen MR) is 67.8 cm³/mol. The molecule has 17 heavy (non-hydrogen) atoms. The van der Waals surface area contributed by atoms with E-state index in [1.165, 1.54) is 0 Å². The SMILES string of the molecule is COCCOCCCNC(=O)[C@@H](N)CC(C)C. The Balaban J connectivity index is 3.38. The fourth-order valence-corrected chi connectivity index (χ4v) is 1.38. The van der Waals surface area contributed by atoms with Crippen molar-refractivity contribution in [2.24, 2.45) is 11.7 Å². The summed E-state index contributed by atoms with van der Waals surface area (Å²) in [5, 5.41) is 2.80. The summed E-state index contributed by atoms with van der Waals surface area (Å²) < 4.78 is 10.1. The number of methoxy groups -OCH3 is 1. The number of hydrogen-bond donors (Lipinski definition) is 2. The van der Waals surface area contributed by atoms with Crippen molar-refractivity contribution in [3.8, 4) is 0 Å². The molecule has 1 atom stereocenters. The van der Waals surface area contributed by atoms with Gasteiger partial charge < -0.3 is 20.5 Å². The maximum atomic E-state index is 11.5. The molecule has 0 bridgehead atoms. The van der Waals surface area contributed by atoms with Crippen LogP contribution in [-0.4, -0.2) is 45.4 Å². The molecule has 0 radical (unpaired) electrons. The van der Waals surface area contributed by atoms with Crippen molar-refractivity contribution in [1.82, 2.24) is 5.32 Å². The van der Waals surface area contributed by atoms with Crippen LogP contribution in [0.25, 0.3) is 0 Å². The lowest BCUT2D eigenvalue weighted by atomic mass is 10.0. The van der Waals surface area contributed by atoms with Gasteiger partial charge in [-0.1, -0.05) is 13.8 Å². The predicted octanol–water partition coefficient (Wildman–Crippen LogP) is 0.529. The van der Waals surface area contributed by atoms with Gasteiger partial charge in [0, 0.05) is 20.3 Å². The van der Waals surface area contributed by atoms with Crippen LogP contribution >= 0.6 is 0 Å². The van der Waals surface area contributed by atoms with Crippen LogP contribution in [0.4, 0.5) is 0 Å². The first-order chi connectivity index (χ1) is 8.07. The van der Waals surface area contributed by atoms with Gasteiger partial charge in [-0.15, -0.1) is 0 Å². The van der Waals surface area contributed by atoms with E-state index in [4.69, 9.17) is 15.2 Å². The van der Waals surface area contributed by atoms with E-state index in [0.29, 0.717) is 32.3 Å². The Morgan fingerprint density at radius 3 is 2.59 bits per heavy atom. The third-order valence-corrected chi connectivity index (χ3v) is 2.26. The highest BCUT2D eigenvalue weighted by Gasteiger charge is 2.13. The molecule has 5 nitrogen and oxygen atoms in total. The summed E-state index contributed by atoms with van der Waals surface area (Å²) in [5.74, 6) is 0.365. The first-order valence-corrected chi connectivity index (χ1v) is 6.18. The zero-order valence-corrected chi connectivity index (χ0v) is 11.2. The quantitative estimate of drug-likeness (QED) is 0.551. The van der Waals surface area contributed by atoms with Gasteiger partial charge in [-0.25, -0.2) is 0 Å². The normalized spacial score (nSPS) is 12.8. The molecular formula is C12H26N2O3. The zero-order chi connectivity index (χ0) is 13.1. The van der Waals surface area contributed by atoms with E-state index in [1.54, 1.807) is 7.11 Å². The lowest BCUT2D eigenvalue weighted by Gasteiger charge is -2.14. The molecule has 0 spiro atoms. The van der Waals surface area contributed by atoms with Crippen molar-refractivity contribution in [1.29, 1.82) is 0 Å². The molecule has 5 heteroatoms. The molecule has 3 N–H and O–H groups in total. The van der Waals surface area contributed by atoms with Gasteiger partial charge in [0.1, 0.15) is 0 Å². The van der Waals surface area contributed by atoms with Crippen molar-refractivity contribution in [3.05, 3.63) is 0 Å². The highest BCUT2D eigenvalue weighted by Crippen LogP contribution is 2.02. The van der Waals surface area contributed by atoms with Crippen LogP contribution in [0.2, 0.25) is 0 Å². The van der Waals surface area contributed by atoms with Crippen molar-refractivity contribution in [3.63, 3.8) is 0 Å². The number of ether oxygens (including phenoxy) is 2. The zero-order valence-electron chi connectivity index (χ0n) is 11.2. The minimum absolute atomic E-state index is 0.0735. The highest BCUT2D eigenvalue weighted by atomic mass is 16.5. The molecule has 1 amide bonds. The smallest absolute Gasteiger partial charge is 0.236 e. The second-order valence-corrected chi connectivity index (χ2v) is 4.49. The first-order valence-electron chi connectivity index (χ1n) is 6.18. The highest BCUT2D eigenvalue weighted by molar-refractivity contribution is 5.81. The summed E-state index contributed by atoms with van der Waals surface area (Å²) in [6, 6.07) is -0.399. The molecule has 0 rings (SSSR count). The minimum atomic E-state index is -0.399. The van der Waals surface area contributed by atoms with E-state index in [0.717, 1.165) is 12.8 Å². The van der Waals surface area contributed by atoms with Crippen LogP contribution in [0.15, 0.2) is 0 Å². The number of carbonyl (C=O) groups excluding carboxylic acids is 1. The third kappa shape index (κ3) is 10.2. The molecule has 102 valence electrons. The van der Waals surface area contributed by atoms with Gasteiger partial charge in [-0.3, -0.25) is 4.79 Å². The molecule has 0 saturated carbocycles. The van der Waals surface area contributed by atoms with Gasteiger partial charge in [0.2, 0.25) is 5.91 Å². The fraction of sp³-hybridized carbons (Fsp3) is 0.917. The van der Waals surface area contributed by atoms with Crippen LogP contribution in [0.5, 0.6) is 0 Å². The molecule has 0 aromatic carbocycles. The lowest BCUT2D eigenvalue weighted by molar-refractivity contribution is -0.122. The van der Waals surface area contributed by atoms with Crippen LogP contribution in [0.1, 0.15) is 26.7 Å². The maximum Gasteiger partial charge on any atom is 0.236 e. The maximum absolute atomic E-state index is 11.5. The van der Waals surface area contributed by atoms with E-state index >= 15 is 0 Å². The van der Waals surface area contributed by atoms with Gasteiger partial charge in [-0.05, 0) is 18.8 Å². The van der Waals surface area contributed by atoms with E-state index in [1.807, 2.05) is 0 Å². The van der Waals surface area contributed by atoms with Crippen molar-refractivity contribution in [2.75, 3.05) is 33.5 Å². The Labute approximate surface area is 104 Å². The molecule has 0 heterocycles. The fourth-order valence-electron chi connectivity index (χ4n) is 1.38. The summed E-state index contributed by atoms with van der Waals surface area (Å²) in [5.41, 5.74) is 5.74. The number of carbonyl (C=O) groups is 1. The molecule has 0 fully saturated rings. The Hall–Kier alpha value is -0.650. The number of rotatable bonds is 10. The Morgan fingerprint density at radius 1 is 1.29 bits per heavy atom. The van der Waals surface area contributed by atoms with Gasteiger partial charge in [0.05, 0.1) is 19.3 Å². The second-order valence-electron chi connectivity index (χ2n) is 4.49. The topological polar surface area (TPSA) is 73.6 Å². The van der Waals surface area contributed by atoms with Crippen molar-refractivity contribution >= 4 is 5.91 Å². The molecular weight excluding hydrogens is 220 g/mol. The third-order valence-electron chi connectivity index (χ3n) is 2.26. The molecule has 0 aliphatic carbocycles. The summed E-state index contributed by atoms with van der Waals surface area (Å²) >= 11 is 0. The standard InChI is InChI=1S/C12H26N2O3/c1-10(2)9-11(13)12(15)14-5-4-6-17-8-7-16-3/h10-11H,4-9,13H2,1-3H3,(H,14,15)/t11-/m0/s1. The average Bonchev–Trinajstić information content (AvgIpc) is 2.26. The Kier molecular flexibility index (Phi) is 10.1. The van der Waals surface area contributed by atoms with Crippen LogP contribution in [0.3, 0.4) is 0 Å². The number of hydrogen-bond acceptors (Lipinski definition) is 4. The van der Waals surface area contributed by atoms with Crippen LogP contribution in [0, 0.1) is 5.92 Å². The Morgan fingerprint density at radius 2 is 2.00 bits per heavy atom. The molecule has 0 unspecified atom stereocenters. The van der Waals surface area contributed by atoms with Gasteiger partial charge >= 0.3 is 0 Å². The van der Waals surface area contributed by atoms with E-state index in [2.05, 4.69) is 19.2 Å². The van der Waals surface area contributed by atoms with Gasteiger partial charge in [-0.2, -0.15) is 0 Å². The molecule has 0 aliphatic heterocycles. The second kappa shape index (κ2) is 10.5. The summed E-state index contributed by atoms with van der Waals surface area (Å²) in [6.45, 7) is 6.54. The summed E-state index contributed by atoms with van der Waals surface area (Å²) in [7, 11) is 1.64.